The van der Waals surface area contributed by atoms with Crippen LogP contribution >= 0.6 is 0 Å². The minimum atomic E-state index is 0.147. The van der Waals surface area contributed by atoms with E-state index in [1.807, 2.05) is 12.1 Å². The van der Waals surface area contributed by atoms with Gasteiger partial charge in [0.1, 0.15) is 0 Å². The average Bonchev–Trinajstić information content (AvgIpc) is 2.48. The number of aryl methyl sites for hydroxylation is 1. The van der Waals surface area contributed by atoms with Gasteiger partial charge in [-0.1, -0.05) is 24.3 Å². The van der Waals surface area contributed by atoms with E-state index in [0.717, 1.165) is 0 Å². The maximum atomic E-state index is 11.3. The van der Waals surface area contributed by atoms with Crippen LogP contribution in [-0.4, -0.2) is 18.0 Å². The smallest absolute Gasteiger partial charge is 0.238 e. The lowest BCUT2D eigenvalue weighted by Crippen LogP contribution is -2.30. The van der Waals surface area contributed by atoms with Gasteiger partial charge in [-0.25, -0.2) is 5.43 Å². The average molecular weight is 190 g/mol. The summed E-state index contributed by atoms with van der Waals surface area (Å²) in [6, 6.07) is 8.31. The number of benzene rings is 1. The second kappa shape index (κ2) is 3.42. The van der Waals surface area contributed by atoms with E-state index in [0.29, 0.717) is 6.42 Å². The Hall–Kier alpha value is -1.35. The highest BCUT2D eigenvalue weighted by Crippen LogP contribution is 2.25. The maximum absolute atomic E-state index is 11.3. The van der Waals surface area contributed by atoms with Gasteiger partial charge in [-0.3, -0.25) is 9.80 Å². The van der Waals surface area contributed by atoms with Gasteiger partial charge in [-0.15, -0.1) is 0 Å². The number of hydrazine groups is 1. The zero-order valence-corrected chi connectivity index (χ0v) is 8.45. The molecule has 0 aromatic heterocycles. The number of amides is 1. The molecule has 1 aromatic carbocycles. The molecule has 1 aromatic rings. The normalized spacial score (nSPS) is 21.7. The molecule has 0 spiro atoms. The second-order valence-electron chi connectivity index (χ2n) is 3.70. The van der Waals surface area contributed by atoms with E-state index in [1.165, 1.54) is 11.1 Å². The van der Waals surface area contributed by atoms with E-state index in [2.05, 4.69) is 24.5 Å². The molecule has 1 heterocycles. The highest BCUT2D eigenvalue weighted by atomic mass is 16.2. The molecule has 3 heteroatoms. The number of nitrogens with one attached hydrogen (secondary N) is 1. The standard InChI is InChI=1S/C11H14N2O/c1-8-5-3-4-6-9(8)10-7-11(14)13(2)12-10/h3-6,10,12H,7H2,1-2H3. The Labute approximate surface area is 83.7 Å². The van der Waals surface area contributed by atoms with Crippen molar-refractivity contribution in [2.75, 3.05) is 7.05 Å². The number of carbonyl (C=O) groups excluding carboxylic acids is 1. The molecule has 1 aliphatic heterocycles. The molecule has 1 N–H and O–H groups in total. The minimum absolute atomic E-state index is 0.147. The molecule has 1 unspecified atom stereocenters. The Bertz CT molecular complexity index is 362. The van der Waals surface area contributed by atoms with Crippen molar-refractivity contribution in [3.8, 4) is 0 Å². The zero-order chi connectivity index (χ0) is 10.1. The predicted molar refractivity (Wildman–Crippen MR) is 54.4 cm³/mol. The van der Waals surface area contributed by atoms with Crippen molar-refractivity contribution < 1.29 is 4.79 Å². The SMILES string of the molecule is Cc1ccccc1C1CC(=O)N(C)N1. The van der Waals surface area contributed by atoms with E-state index in [9.17, 15) is 4.79 Å². The van der Waals surface area contributed by atoms with Gasteiger partial charge >= 0.3 is 0 Å². The molecule has 0 bridgehead atoms. The highest BCUT2D eigenvalue weighted by molar-refractivity contribution is 5.78. The van der Waals surface area contributed by atoms with E-state index in [4.69, 9.17) is 0 Å². The molecule has 74 valence electrons. The van der Waals surface area contributed by atoms with E-state index < -0.39 is 0 Å². The summed E-state index contributed by atoms with van der Waals surface area (Å²) in [5, 5.41) is 1.57. The first kappa shape index (κ1) is 9.21. The molecule has 0 aliphatic carbocycles. The number of hydrogen-bond acceptors (Lipinski definition) is 2. The Balaban J connectivity index is 2.25. The van der Waals surface area contributed by atoms with Crippen LogP contribution in [0.2, 0.25) is 0 Å². The Morgan fingerprint density at radius 1 is 1.43 bits per heavy atom. The fourth-order valence-corrected chi connectivity index (χ4v) is 1.82. The van der Waals surface area contributed by atoms with E-state index in [1.54, 1.807) is 12.1 Å². The lowest BCUT2D eigenvalue weighted by Gasteiger charge is -2.14. The molecule has 2 rings (SSSR count). The van der Waals surface area contributed by atoms with Gasteiger partial charge in [0, 0.05) is 13.5 Å². The number of rotatable bonds is 1. The van der Waals surface area contributed by atoms with Crippen molar-refractivity contribution in [1.29, 1.82) is 0 Å². The maximum Gasteiger partial charge on any atom is 0.238 e. The monoisotopic (exact) mass is 190 g/mol. The molecule has 0 radical (unpaired) electrons. The molecule has 1 amide bonds. The first-order chi connectivity index (χ1) is 6.68. The predicted octanol–water partition coefficient (Wildman–Crippen LogP) is 1.40. The summed E-state index contributed by atoms with van der Waals surface area (Å²) < 4.78 is 0. The third kappa shape index (κ3) is 1.51. The fraction of sp³-hybridized carbons (Fsp3) is 0.364. The van der Waals surface area contributed by atoms with Crippen molar-refractivity contribution in [2.24, 2.45) is 0 Å². The lowest BCUT2D eigenvalue weighted by molar-refractivity contribution is -0.128. The van der Waals surface area contributed by atoms with Gasteiger partial charge in [-0.05, 0) is 18.1 Å². The van der Waals surface area contributed by atoms with Crippen LogP contribution in [0.15, 0.2) is 24.3 Å². The number of carbonyl (C=O) groups is 1. The molecule has 0 saturated carbocycles. The molecule has 3 nitrogen and oxygen atoms in total. The summed E-state index contributed by atoms with van der Waals surface area (Å²) in [4.78, 5) is 11.3. The number of hydrogen-bond donors (Lipinski definition) is 1. The number of nitrogens with zero attached hydrogens (tertiary/aromatic N) is 1. The molecule has 1 atom stereocenters. The molecular formula is C11H14N2O. The van der Waals surface area contributed by atoms with Crippen LogP contribution in [0.1, 0.15) is 23.6 Å². The third-order valence-corrected chi connectivity index (χ3v) is 2.67. The van der Waals surface area contributed by atoms with E-state index in [-0.39, 0.29) is 11.9 Å². The fourth-order valence-electron chi connectivity index (χ4n) is 1.82. The molecular weight excluding hydrogens is 176 g/mol. The largest absolute Gasteiger partial charge is 0.281 e. The second-order valence-corrected chi connectivity index (χ2v) is 3.70. The Kier molecular flexibility index (Phi) is 2.25. The zero-order valence-electron chi connectivity index (χ0n) is 8.45. The lowest BCUT2D eigenvalue weighted by atomic mass is 10.0. The van der Waals surface area contributed by atoms with Crippen LogP contribution in [0.3, 0.4) is 0 Å². The van der Waals surface area contributed by atoms with Gasteiger partial charge in [0.25, 0.3) is 0 Å². The first-order valence-corrected chi connectivity index (χ1v) is 4.77. The summed E-state index contributed by atoms with van der Waals surface area (Å²) in [5.74, 6) is 0.151. The summed E-state index contributed by atoms with van der Waals surface area (Å²) in [6.45, 7) is 2.07. The molecule has 1 fully saturated rings. The topological polar surface area (TPSA) is 32.3 Å². The minimum Gasteiger partial charge on any atom is -0.281 e. The van der Waals surface area contributed by atoms with Gasteiger partial charge in [0.2, 0.25) is 5.91 Å². The van der Waals surface area contributed by atoms with Crippen LogP contribution in [0.5, 0.6) is 0 Å². The Morgan fingerprint density at radius 2 is 2.14 bits per heavy atom. The first-order valence-electron chi connectivity index (χ1n) is 4.77. The van der Waals surface area contributed by atoms with Gasteiger partial charge in [0.15, 0.2) is 0 Å². The van der Waals surface area contributed by atoms with Crippen LogP contribution in [0.25, 0.3) is 0 Å². The van der Waals surface area contributed by atoms with Gasteiger partial charge in [0.05, 0.1) is 6.04 Å². The quantitative estimate of drug-likeness (QED) is 0.726. The van der Waals surface area contributed by atoms with Gasteiger partial charge < -0.3 is 0 Å². The van der Waals surface area contributed by atoms with Crippen molar-refractivity contribution in [2.45, 2.75) is 19.4 Å². The summed E-state index contributed by atoms with van der Waals surface area (Å²) in [6.07, 6.45) is 0.557. The molecule has 14 heavy (non-hydrogen) atoms. The van der Waals surface area contributed by atoms with Crippen LogP contribution in [0.4, 0.5) is 0 Å². The van der Waals surface area contributed by atoms with Crippen LogP contribution in [-0.2, 0) is 4.79 Å². The summed E-state index contributed by atoms with van der Waals surface area (Å²) >= 11 is 0. The van der Waals surface area contributed by atoms with Crippen molar-refractivity contribution >= 4 is 5.91 Å². The molecule has 1 aliphatic rings. The summed E-state index contributed by atoms with van der Waals surface area (Å²) in [7, 11) is 1.76. The van der Waals surface area contributed by atoms with Crippen molar-refractivity contribution in [3.05, 3.63) is 35.4 Å². The molecule has 1 saturated heterocycles. The van der Waals surface area contributed by atoms with Crippen molar-refractivity contribution in [3.63, 3.8) is 0 Å². The van der Waals surface area contributed by atoms with Crippen LogP contribution < -0.4 is 5.43 Å². The van der Waals surface area contributed by atoms with E-state index >= 15 is 0 Å². The third-order valence-electron chi connectivity index (χ3n) is 2.67. The summed E-state index contributed by atoms with van der Waals surface area (Å²) in [5.41, 5.74) is 5.59. The van der Waals surface area contributed by atoms with Gasteiger partial charge in [-0.2, -0.15) is 0 Å². The van der Waals surface area contributed by atoms with Crippen LogP contribution in [0, 0.1) is 6.92 Å². The van der Waals surface area contributed by atoms with Crippen molar-refractivity contribution in [1.82, 2.24) is 10.4 Å². The highest BCUT2D eigenvalue weighted by Gasteiger charge is 2.27. The Morgan fingerprint density at radius 3 is 2.71 bits per heavy atom.